The minimum atomic E-state index is -0.105. The quantitative estimate of drug-likeness (QED) is 0.812. The Kier molecular flexibility index (Phi) is 3.37. The zero-order chi connectivity index (χ0) is 13.1. The average Bonchev–Trinajstić information content (AvgIpc) is 2.28. The smallest absolute Gasteiger partial charge is 0.237 e. The van der Waals surface area contributed by atoms with Gasteiger partial charge in [-0.2, -0.15) is 0 Å². The molecule has 1 amide bonds. The van der Waals surface area contributed by atoms with E-state index in [0.29, 0.717) is 5.95 Å². The third-order valence-corrected chi connectivity index (χ3v) is 2.50. The number of rotatable bonds is 2. The molecule has 0 spiro atoms. The predicted molar refractivity (Wildman–Crippen MR) is 70.8 cm³/mol. The average molecular weight is 241 g/mol. The van der Waals surface area contributed by atoms with E-state index in [9.17, 15) is 4.79 Å². The van der Waals surface area contributed by atoms with Crippen molar-refractivity contribution in [2.75, 3.05) is 4.90 Å². The molecule has 2 aromatic rings. The van der Waals surface area contributed by atoms with Gasteiger partial charge in [0.2, 0.25) is 11.9 Å². The minimum absolute atomic E-state index is 0.105. The van der Waals surface area contributed by atoms with Crippen molar-refractivity contribution >= 4 is 17.5 Å². The summed E-state index contributed by atoms with van der Waals surface area (Å²) >= 11 is 0. The van der Waals surface area contributed by atoms with Crippen LogP contribution in [0, 0.1) is 13.8 Å². The first kappa shape index (κ1) is 12.2. The molecular formula is C14H15N3O. The maximum Gasteiger partial charge on any atom is 0.237 e. The normalized spacial score (nSPS) is 10.2. The molecule has 1 aromatic heterocycles. The molecule has 0 aliphatic heterocycles. The van der Waals surface area contributed by atoms with E-state index in [1.54, 1.807) is 0 Å². The molecule has 4 nitrogen and oxygen atoms in total. The zero-order valence-corrected chi connectivity index (χ0v) is 10.7. The summed E-state index contributed by atoms with van der Waals surface area (Å²) in [6.07, 6.45) is 0. The Labute approximate surface area is 106 Å². The minimum Gasteiger partial charge on any atom is -0.274 e. The molecule has 0 unspecified atom stereocenters. The number of aryl methyl sites for hydroxylation is 2. The van der Waals surface area contributed by atoms with E-state index in [2.05, 4.69) is 9.97 Å². The molecule has 2 rings (SSSR count). The maximum absolute atomic E-state index is 11.8. The lowest BCUT2D eigenvalue weighted by molar-refractivity contribution is -0.115. The first-order valence-corrected chi connectivity index (χ1v) is 5.76. The van der Waals surface area contributed by atoms with Crippen LogP contribution in [0.15, 0.2) is 36.4 Å². The highest BCUT2D eigenvalue weighted by atomic mass is 16.2. The number of para-hydroxylation sites is 1. The topological polar surface area (TPSA) is 46.1 Å². The van der Waals surface area contributed by atoms with Crippen molar-refractivity contribution in [3.8, 4) is 0 Å². The number of amides is 1. The summed E-state index contributed by atoms with van der Waals surface area (Å²) in [7, 11) is 0. The fourth-order valence-corrected chi connectivity index (χ4v) is 1.82. The van der Waals surface area contributed by atoms with Crippen LogP contribution in [0.5, 0.6) is 0 Å². The highest BCUT2D eigenvalue weighted by Gasteiger charge is 2.17. The van der Waals surface area contributed by atoms with E-state index >= 15 is 0 Å². The summed E-state index contributed by atoms with van der Waals surface area (Å²) in [6.45, 7) is 5.29. The fourth-order valence-electron chi connectivity index (χ4n) is 1.82. The lowest BCUT2D eigenvalue weighted by Gasteiger charge is -2.19. The number of aromatic nitrogens is 2. The fraction of sp³-hybridized carbons (Fsp3) is 0.214. The second kappa shape index (κ2) is 4.96. The van der Waals surface area contributed by atoms with Crippen molar-refractivity contribution in [1.29, 1.82) is 0 Å². The van der Waals surface area contributed by atoms with E-state index in [-0.39, 0.29) is 5.91 Å². The molecule has 92 valence electrons. The lowest BCUT2D eigenvalue weighted by Crippen LogP contribution is -2.25. The van der Waals surface area contributed by atoms with E-state index in [1.165, 1.54) is 11.8 Å². The van der Waals surface area contributed by atoms with Crippen LogP contribution < -0.4 is 4.90 Å². The predicted octanol–water partition coefficient (Wildman–Crippen LogP) is 2.78. The van der Waals surface area contributed by atoms with Crippen molar-refractivity contribution in [3.63, 3.8) is 0 Å². The van der Waals surface area contributed by atoms with Crippen LogP contribution in [0.4, 0.5) is 11.6 Å². The van der Waals surface area contributed by atoms with Gasteiger partial charge >= 0.3 is 0 Å². The van der Waals surface area contributed by atoms with Crippen LogP contribution in [0.25, 0.3) is 0 Å². The number of anilines is 2. The van der Waals surface area contributed by atoms with Crippen LogP contribution in [0.2, 0.25) is 0 Å². The molecule has 18 heavy (non-hydrogen) atoms. The number of benzene rings is 1. The Morgan fingerprint density at radius 2 is 1.61 bits per heavy atom. The van der Waals surface area contributed by atoms with Crippen LogP contribution in [0.1, 0.15) is 18.3 Å². The highest BCUT2D eigenvalue weighted by molar-refractivity contribution is 5.97. The van der Waals surface area contributed by atoms with Crippen LogP contribution in [0.3, 0.4) is 0 Å². The molecule has 0 N–H and O–H groups in total. The number of carbonyl (C=O) groups excluding carboxylic acids is 1. The Hall–Kier alpha value is -2.23. The molecule has 1 heterocycles. The van der Waals surface area contributed by atoms with Crippen molar-refractivity contribution < 1.29 is 4.79 Å². The van der Waals surface area contributed by atoms with Gasteiger partial charge < -0.3 is 0 Å². The van der Waals surface area contributed by atoms with Crippen molar-refractivity contribution in [3.05, 3.63) is 47.8 Å². The van der Waals surface area contributed by atoms with Crippen LogP contribution in [-0.2, 0) is 4.79 Å². The van der Waals surface area contributed by atoms with Gasteiger partial charge in [-0.25, -0.2) is 14.9 Å². The van der Waals surface area contributed by atoms with Gasteiger partial charge in [0.1, 0.15) is 0 Å². The van der Waals surface area contributed by atoms with Crippen molar-refractivity contribution in [2.45, 2.75) is 20.8 Å². The third kappa shape index (κ3) is 2.53. The van der Waals surface area contributed by atoms with E-state index < -0.39 is 0 Å². The molecule has 0 aliphatic rings. The Balaban J connectivity index is 2.52. The molecule has 0 atom stereocenters. The molecule has 0 radical (unpaired) electrons. The van der Waals surface area contributed by atoms with E-state index in [1.807, 2.05) is 50.2 Å². The molecule has 4 heteroatoms. The first-order chi connectivity index (χ1) is 8.58. The second-order valence-electron chi connectivity index (χ2n) is 4.14. The van der Waals surface area contributed by atoms with Crippen molar-refractivity contribution in [2.24, 2.45) is 0 Å². The number of carbonyl (C=O) groups is 1. The van der Waals surface area contributed by atoms with Gasteiger partial charge in [0.05, 0.1) is 5.69 Å². The standard InChI is InChI=1S/C14H15N3O/c1-10-9-11(2)16-14(15-10)17(12(3)18)13-7-5-4-6-8-13/h4-9H,1-3H3. The molecule has 1 aromatic carbocycles. The summed E-state index contributed by atoms with van der Waals surface area (Å²) < 4.78 is 0. The summed E-state index contributed by atoms with van der Waals surface area (Å²) in [4.78, 5) is 22.0. The lowest BCUT2D eigenvalue weighted by atomic mass is 10.3. The maximum atomic E-state index is 11.8. The number of hydrogen-bond donors (Lipinski definition) is 0. The van der Waals surface area contributed by atoms with Gasteiger partial charge in [0.25, 0.3) is 0 Å². The van der Waals surface area contributed by atoms with Crippen molar-refractivity contribution in [1.82, 2.24) is 9.97 Å². The van der Waals surface area contributed by atoms with Gasteiger partial charge in [-0.15, -0.1) is 0 Å². The SMILES string of the molecule is CC(=O)N(c1ccccc1)c1nc(C)cc(C)n1. The molecule has 0 bridgehead atoms. The van der Waals surface area contributed by atoms with E-state index in [4.69, 9.17) is 0 Å². The van der Waals surface area contributed by atoms with Gasteiger partial charge in [0.15, 0.2) is 0 Å². The third-order valence-electron chi connectivity index (χ3n) is 2.50. The molecule has 0 saturated carbocycles. The number of nitrogens with zero attached hydrogens (tertiary/aromatic N) is 3. The Morgan fingerprint density at radius 1 is 1.06 bits per heavy atom. The largest absolute Gasteiger partial charge is 0.274 e. The molecule has 0 fully saturated rings. The molecular weight excluding hydrogens is 226 g/mol. The summed E-state index contributed by atoms with van der Waals surface area (Å²) in [5.74, 6) is 0.317. The monoisotopic (exact) mass is 241 g/mol. The Bertz CT molecular complexity index is 546. The molecule has 0 aliphatic carbocycles. The first-order valence-electron chi connectivity index (χ1n) is 5.76. The van der Waals surface area contributed by atoms with Gasteiger partial charge in [0, 0.05) is 18.3 Å². The van der Waals surface area contributed by atoms with Crippen LogP contribution in [-0.4, -0.2) is 15.9 Å². The Morgan fingerprint density at radius 3 is 2.11 bits per heavy atom. The zero-order valence-electron chi connectivity index (χ0n) is 10.7. The summed E-state index contributed by atoms with van der Waals surface area (Å²) in [5.41, 5.74) is 2.47. The van der Waals surface area contributed by atoms with Crippen LogP contribution >= 0.6 is 0 Å². The highest BCUT2D eigenvalue weighted by Crippen LogP contribution is 2.22. The van der Waals surface area contributed by atoms with Gasteiger partial charge in [-0.05, 0) is 32.0 Å². The van der Waals surface area contributed by atoms with E-state index in [0.717, 1.165) is 17.1 Å². The number of hydrogen-bond acceptors (Lipinski definition) is 3. The van der Waals surface area contributed by atoms with Gasteiger partial charge in [-0.3, -0.25) is 4.79 Å². The summed E-state index contributed by atoms with van der Waals surface area (Å²) in [5, 5.41) is 0. The molecule has 0 saturated heterocycles. The second-order valence-corrected chi connectivity index (χ2v) is 4.14. The van der Waals surface area contributed by atoms with Gasteiger partial charge in [-0.1, -0.05) is 18.2 Å². The summed E-state index contributed by atoms with van der Waals surface area (Å²) in [6, 6.07) is 11.3.